The second-order valence-electron chi connectivity index (χ2n) is 6.29. The summed E-state index contributed by atoms with van der Waals surface area (Å²) in [4.78, 5) is 37.6. The normalized spacial score (nSPS) is 13.4. The molecule has 0 saturated carbocycles. The summed E-state index contributed by atoms with van der Waals surface area (Å²) in [6.45, 7) is 4.39. The monoisotopic (exact) mass is 356 g/mol. The van der Waals surface area contributed by atoms with E-state index in [0.717, 1.165) is 4.90 Å². The first-order valence-corrected chi connectivity index (χ1v) is 8.47. The molecule has 9 heteroatoms. The van der Waals surface area contributed by atoms with Gasteiger partial charge in [-0.3, -0.25) is 19.3 Å². The van der Waals surface area contributed by atoms with Gasteiger partial charge >= 0.3 is 0 Å². The van der Waals surface area contributed by atoms with E-state index in [1.165, 1.54) is 0 Å². The van der Waals surface area contributed by atoms with E-state index in [4.69, 9.17) is 0 Å². The Balaban J connectivity index is 1.47. The number of tetrazole rings is 1. The van der Waals surface area contributed by atoms with Crippen molar-refractivity contribution in [2.45, 2.75) is 32.7 Å². The van der Waals surface area contributed by atoms with E-state index >= 15 is 0 Å². The zero-order chi connectivity index (χ0) is 18.7. The molecule has 0 aliphatic carbocycles. The topological polar surface area (TPSA) is 110 Å². The molecule has 0 radical (unpaired) electrons. The van der Waals surface area contributed by atoms with Gasteiger partial charge in [0.25, 0.3) is 11.8 Å². The highest BCUT2D eigenvalue weighted by Crippen LogP contribution is 2.22. The Morgan fingerprint density at radius 3 is 2.42 bits per heavy atom. The Bertz CT molecular complexity index is 810. The average molecular weight is 356 g/mol. The van der Waals surface area contributed by atoms with Gasteiger partial charge in [-0.1, -0.05) is 12.1 Å². The van der Waals surface area contributed by atoms with Crippen molar-refractivity contribution in [3.05, 3.63) is 41.2 Å². The van der Waals surface area contributed by atoms with Gasteiger partial charge in [0.05, 0.1) is 17.2 Å². The van der Waals surface area contributed by atoms with E-state index in [2.05, 4.69) is 20.8 Å². The van der Waals surface area contributed by atoms with Crippen LogP contribution in [-0.4, -0.2) is 55.9 Å². The number of rotatable bonds is 7. The number of carbonyl (C=O) groups is 3. The summed E-state index contributed by atoms with van der Waals surface area (Å²) < 4.78 is 1.70. The van der Waals surface area contributed by atoms with E-state index in [-0.39, 0.29) is 36.7 Å². The summed E-state index contributed by atoms with van der Waals surface area (Å²) in [5, 5.41) is 14.2. The molecule has 0 fully saturated rings. The molecular weight excluding hydrogens is 336 g/mol. The van der Waals surface area contributed by atoms with E-state index in [1.54, 1.807) is 28.9 Å². The molecule has 9 nitrogen and oxygen atoms in total. The van der Waals surface area contributed by atoms with Crippen LogP contribution in [-0.2, 0) is 11.2 Å². The first kappa shape index (κ1) is 17.7. The van der Waals surface area contributed by atoms with Gasteiger partial charge in [0.2, 0.25) is 5.91 Å². The van der Waals surface area contributed by atoms with Gasteiger partial charge in [0.15, 0.2) is 5.82 Å². The lowest BCUT2D eigenvalue weighted by molar-refractivity contribution is -0.121. The first-order chi connectivity index (χ1) is 12.5. The molecular formula is C17H20N6O3. The predicted octanol–water partition coefficient (Wildman–Crippen LogP) is 0.599. The van der Waals surface area contributed by atoms with Gasteiger partial charge in [0.1, 0.15) is 0 Å². The molecule has 3 amide bonds. The van der Waals surface area contributed by atoms with Crippen LogP contribution in [0.3, 0.4) is 0 Å². The van der Waals surface area contributed by atoms with E-state index in [1.807, 2.05) is 13.8 Å². The third kappa shape index (κ3) is 3.46. The summed E-state index contributed by atoms with van der Waals surface area (Å²) in [6, 6.07) is 6.81. The Labute approximate surface area is 150 Å². The maximum Gasteiger partial charge on any atom is 0.261 e. The van der Waals surface area contributed by atoms with Crippen molar-refractivity contribution in [3.63, 3.8) is 0 Å². The molecule has 2 heterocycles. The SMILES string of the molecule is CC(C)n1nnnc1CCNC(=O)CCN1C(=O)c2ccccc2C1=O. The predicted molar refractivity (Wildman–Crippen MR) is 91.3 cm³/mol. The van der Waals surface area contributed by atoms with Crippen LogP contribution in [0.5, 0.6) is 0 Å². The van der Waals surface area contributed by atoms with Crippen molar-refractivity contribution in [1.82, 2.24) is 30.4 Å². The smallest absolute Gasteiger partial charge is 0.261 e. The van der Waals surface area contributed by atoms with Gasteiger partial charge in [-0.15, -0.1) is 5.10 Å². The third-order valence-electron chi connectivity index (χ3n) is 4.16. The summed E-state index contributed by atoms with van der Waals surface area (Å²) in [7, 11) is 0. The minimum atomic E-state index is -0.352. The molecule has 3 rings (SSSR count). The molecule has 0 unspecified atom stereocenters. The van der Waals surface area contributed by atoms with Crippen molar-refractivity contribution >= 4 is 17.7 Å². The minimum absolute atomic E-state index is 0.0561. The molecule has 1 aromatic heterocycles. The fraction of sp³-hybridized carbons (Fsp3) is 0.412. The van der Waals surface area contributed by atoms with Crippen LogP contribution in [0.1, 0.15) is 52.9 Å². The van der Waals surface area contributed by atoms with Gasteiger partial charge in [-0.25, -0.2) is 4.68 Å². The molecule has 0 spiro atoms. The van der Waals surface area contributed by atoms with Gasteiger partial charge in [-0.05, 0) is 36.4 Å². The Kier molecular flexibility index (Phi) is 5.06. The maximum atomic E-state index is 12.2. The number of hydrogen-bond acceptors (Lipinski definition) is 6. The van der Waals surface area contributed by atoms with Crippen molar-refractivity contribution in [2.75, 3.05) is 13.1 Å². The van der Waals surface area contributed by atoms with Crippen LogP contribution >= 0.6 is 0 Å². The highest BCUT2D eigenvalue weighted by Gasteiger charge is 2.34. The maximum absolute atomic E-state index is 12.2. The van der Waals surface area contributed by atoms with Crippen molar-refractivity contribution in [3.8, 4) is 0 Å². The highest BCUT2D eigenvalue weighted by atomic mass is 16.2. The van der Waals surface area contributed by atoms with Crippen LogP contribution in [0.15, 0.2) is 24.3 Å². The number of benzene rings is 1. The molecule has 1 aliphatic heterocycles. The molecule has 1 N–H and O–H groups in total. The minimum Gasteiger partial charge on any atom is -0.356 e. The molecule has 26 heavy (non-hydrogen) atoms. The quantitative estimate of drug-likeness (QED) is 0.728. The Morgan fingerprint density at radius 1 is 1.15 bits per heavy atom. The number of amides is 3. The fourth-order valence-corrected chi connectivity index (χ4v) is 2.84. The first-order valence-electron chi connectivity index (χ1n) is 8.47. The molecule has 2 aromatic rings. The summed E-state index contributed by atoms with van der Waals surface area (Å²) in [5.41, 5.74) is 0.775. The molecule has 0 bridgehead atoms. The zero-order valence-electron chi connectivity index (χ0n) is 14.7. The molecule has 0 saturated heterocycles. The Hall–Kier alpha value is -3.10. The van der Waals surface area contributed by atoms with E-state index < -0.39 is 0 Å². The highest BCUT2D eigenvalue weighted by molar-refractivity contribution is 6.21. The standard InChI is InChI=1S/C17H20N6O3/c1-11(2)23-14(19-20-21-23)7-9-18-15(24)8-10-22-16(25)12-5-3-4-6-13(12)17(22)26/h3-6,11H,7-10H2,1-2H3,(H,18,24). The fourth-order valence-electron chi connectivity index (χ4n) is 2.84. The van der Waals surface area contributed by atoms with Crippen LogP contribution < -0.4 is 5.32 Å². The van der Waals surface area contributed by atoms with E-state index in [9.17, 15) is 14.4 Å². The number of nitrogens with zero attached hydrogens (tertiary/aromatic N) is 5. The average Bonchev–Trinajstić information content (AvgIpc) is 3.18. The second kappa shape index (κ2) is 7.42. The molecule has 0 atom stereocenters. The summed E-state index contributed by atoms with van der Waals surface area (Å²) in [5.74, 6) is -0.241. The van der Waals surface area contributed by atoms with Crippen molar-refractivity contribution in [1.29, 1.82) is 0 Å². The molecule has 136 valence electrons. The van der Waals surface area contributed by atoms with Crippen LogP contribution in [0.25, 0.3) is 0 Å². The summed E-state index contributed by atoms with van der Waals surface area (Å²) in [6.07, 6.45) is 0.560. The largest absolute Gasteiger partial charge is 0.356 e. The number of nitrogens with one attached hydrogen (secondary N) is 1. The zero-order valence-corrected chi connectivity index (χ0v) is 14.7. The second-order valence-corrected chi connectivity index (χ2v) is 6.29. The number of carbonyl (C=O) groups excluding carboxylic acids is 3. The van der Waals surface area contributed by atoms with Gasteiger partial charge in [0, 0.05) is 25.9 Å². The number of fused-ring (bicyclic) bond motifs is 1. The van der Waals surface area contributed by atoms with Gasteiger partial charge < -0.3 is 5.32 Å². The Morgan fingerprint density at radius 2 is 1.81 bits per heavy atom. The van der Waals surface area contributed by atoms with Gasteiger partial charge in [-0.2, -0.15) is 0 Å². The summed E-state index contributed by atoms with van der Waals surface area (Å²) >= 11 is 0. The third-order valence-corrected chi connectivity index (χ3v) is 4.16. The lowest BCUT2D eigenvalue weighted by atomic mass is 10.1. The van der Waals surface area contributed by atoms with Crippen molar-refractivity contribution in [2.24, 2.45) is 0 Å². The number of imide groups is 1. The van der Waals surface area contributed by atoms with Crippen LogP contribution in [0.4, 0.5) is 0 Å². The van der Waals surface area contributed by atoms with Crippen LogP contribution in [0.2, 0.25) is 0 Å². The number of hydrogen-bond donors (Lipinski definition) is 1. The van der Waals surface area contributed by atoms with Crippen molar-refractivity contribution < 1.29 is 14.4 Å². The molecule has 1 aliphatic rings. The number of aromatic nitrogens is 4. The lowest BCUT2D eigenvalue weighted by Gasteiger charge is -2.13. The van der Waals surface area contributed by atoms with E-state index in [0.29, 0.717) is 29.9 Å². The van der Waals surface area contributed by atoms with Crippen LogP contribution in [0, 0.1) is 0 Å². The lowest BCUT2D eigenvalue weighted by Crippen LogP contribution is -2.35. The molecule has 1 aromatic carbocycles.